The Hall–Kier alpha value is -8.90. The van der Waals surface area contributed by atoms with Gasteiger partial charge in [-0.1, -0.05) is 254 Å². The van der Waals surface area contributed by atoms with E-state index in [4.69, 9.17) is 0 Å². The molecule has 0 N–H and O–H groups in total. The van der Waals surface area contributed by atoms with Crippen LogP contribution in [0.3, 0.4) is 0 Å². The third-order valence-electron chi connectivity index (χ3n) is 17.0. The quantitative estimate of drug-likeness (QED) is 0.111. The number of rotatable bonds is 8. The maximum Gasteiger partial charge on any atom is 0.252 e. The van der Waals surface area contributed by atoms with Gasteiger partial charge in [-0.25, -0.2) is 0 Å². The van der Waals surface area contributed by atoms with Crippen molar-refractivity contribution in [3.8, 4) is 16.8 Å². The molecule has 0 spiro atoms. The highest BCUT2D eigenvalue weighted by Gasteiger charge is 2.48. The maximum absolute atomic E-state index is 3.00. The molecule has 79 heavy (non-hydrogen) atoms. The average molecular weight is 1030 g/mol. The second kappa shape index (κ2) is 18.6. The lowest BCUT2D eigenvalue weighted by molar-refractivity contribution is 0.591. The molecule has 0 bridgehead atoms. The molecule has 0 unspecified atom stereocenters. The van der Waals surface area contributed by atoms with Gasteiger partial charge in [-0.15, -0.1) is 0 Å². The largest absolute Gasteiger partial charge is 0.311 e. The van der Waals surface area contributed by atoms with Gasteiger partial charge in [0.15, 0.2) is 8.07 Å². The normalized spacial score (nSPS) is 13.1. The van der Waals surface area contributed by atoms with Crippen LogP contribution < -0.4 is 46.9 Å². The first-order valence-electron chi connectivity index (χ1n) is 28.0. The fourth-order valence-corrected chi connectivity index (χ4v) is 18.3. The van der Waals surface area contributed by atoms with Gasteiger partial charge in [0.25, 0.3) is 6.71 Å². The molecule has 12 aromatic rings. The van der Waals surface area contributed by atoms with E-state index in [1.54, 1.807) is 0 Å². The molecule has 0 atom stereocenters. The number of aromatic nitrogens is 1. The predicted molar refractivity (Wildman–Crippen MR) is 341 cm³/mol. The van der Waals surface area contributed by atoms with Crippen LogP contribution in [-0.4, -0.2) is 19.4 Å². The van der Waals surface area contributed by atoms with Crippen molar-refractivity contribution in [2.75, 3.05) is 9.80 Å². The Morgan fingerprint density at radius 2 is 0.759 bits per heavy atom. The highest BCUT2D eigenvalue weighted by Crippen LogP contribution is 2.50. The standard InChI is InChI=1S/C74H62BN3Si/c1-73(2,3)60-37-21-25-41-66(60)77-68-46-44-57(79(54-29-13-8-14-30-54,55-31-15-9-16-32-55)56-33-17-10-18-34-56)50-63(68)75-62-45-43-53(76-64-39-23-19-35-58(64)59-36-20-24-40-65(59)76)49-69(62)78(67-42-26-22-38-61(67)74(4,5)6)71-48-52(47-70(77)72(71)75)51-27-11-7-12-28-51/h7-50H,1-6H3. The van der Waals surface area contributed by atoms with Crippen LogP contribution in [0.1, 0.15) is 52.7 Å². The monoisotopic (exact) mass is 1030 g/mol. The lowest BCUT2D eigenvalue weighted by Crippen LogP contribution is -2.75. The van der Waals surface area contributed by atoms with E-state index in [-0.39, 0.29) is 17.5 Å². The van der Waals surface area contributed by atoms with Crippen molar-refractivity contribution in [1.29, 1.82) is 0 Å². The molecule has 1 aromatic heterocycles. The molecule has 3 heterocycles. The predicted octanol–water partition coefficient (Wildman–Crippen LogP) is 14.5. The van der Waals surface area contributed by atoms with Gasteiger partial charge in [0.1, 0.15) is 0 Å². The van der Waals surface area contributed by atoms with Crippen molar-refractivity contribution in [3.05, 3.63) is 278 Å². The third kappa shape index (κ3) is 7.69. The molecule has 3 nitrogen and oxygen atoms in total. The van der Waals surface area contributed by atoms with Crippen molar-refractivity contribution in [1.82, 2.24) is 4.57 Å². The summed E-state index contributed by atoms with van der Waals surface area (Å²) in [5.74, 6) is 0. The van der Waals surface area contributed by atoms with Gasteiger partial charge < -0.3 is 14.4 Å². The number of anilines is 6. The van der Waals surface area contributed by atoms with Crippen LogP contribution in [0.15, 0.2) is 267 Å². The first-order valence-corrected chi connectivity index (χ1v) is 30.0. The Kier molecular flexibility index (Phi) is 11.4. The average Bonchev–Trinajstić information content (AvgIpc) is 2.78. The van der Waals surface area contributed by atoms with E-state index in [0.717, 1.165) is 5.69 Å². The lowest BCUT2D eigenvalue weighted by Gasteiger charge is -2.46. The van der Waals surface area contributed by atoms with E-state index in [9.17, 15) is 0 Å². The summed E-state index contributed by atoms with van der Waals surface area (Å²) < 4.78 is 2.48. The summed E-state index contributed by atoms with van der Waals surface area (Å²) in [5, 5.41) is 7.93. The topological polar surface area (TPSA) is 11.4 Å². The van der Waals surface area contributed by atoms with Crippen LogP contribution in [0.4, 0.5) is 34.1 Å². The second-order valence-electron chi connectivity index (χ2n) is 23.7. The number of hydrogen-bond acceptors (Lipinski definition) is 2. The Balaban J connectivity index is 1.15. The zero-order valence-corrected chi connectivity index (χ0v) is 46.8. The Labute approximate surface area is 466 Å². The molecule has 14 rings (SSSR count). The SMILES string of the molecule is CC(C)(C)c1ccccc1N1c2ccc([Si](c3ccccc3)(c3ccccc3)c3ccccc3)cc2B2c3ccc(-n4c5ccccc5c5ccccc54)cc3N(c3ccccc3C(C)(C)C)c3cc(-c4ccccc4)cc1c32. The van der Waals surface area contributed by atoms with Crippen LogP contribution in [0.2, 0.25) is 0 Å². The maximum atomic E-state index is 2.66. The molecule has 0 saturated carbocycles. The van der Waals surface area contributed by atoms with Crippen LogP contribution >= 0.6 is 0 Å². The van der Waals surface area contributed by atoms with Crippen molar-refractivity contribution >= 4 is 108 Å². The Bertz CT molecular complexity index is 4140. The van der Waals surface area contributed by atoms with E-state index in [1.807, 2.05) is 0 Å². The minimum absolute atomic E-state index is 0.142. The molecular formula is C74H62BN3Si. The van der Waals surface area contributed by atoms with Gasteiger partial charge in [-0.2, -0.15) is 0 Å². The van der Waals surface area contributed by atoms with Gasteiger partial charge in [0, 0.05) is 50.6 Å². The lowest BCUT2D eigenvalue weighted by atomic mass is 9.33. The van der Waals surface area contributed by atoms with Crippen molar-refractivity contribution in [3.63, 3.8) is 0 Å². The summed E-state index contributed by atoms with van der Waals surface area (Å²) in [6.45, 7) is 14.0. The first-order chi connectivity index (χ1) is 38.5. The molecule has 11 aromatic carbocycles. The highest BCUT2D eigenvalue weighted by molar-refractivity contribution is 7.20. The van der Waals surface area contributed by atoms with Crippen molar-refractivity contribution in [2.45, 2.75) is 52.4 Å². The molecule has 5 heteroatoms. The fourth-order valence-electron chi connectivity index (χ4n) is 13.5. The molecule has 380 valence electrons. The molecule has 0 aliphatic carbocycles. The summed E-state index contributed by atoms with van der Waals surface area (Å²) in [4.78, 5) is 5.29. The number of benzene rings is 11. The van der Waals surface area contributed by atoms with Gasteiger partial charge >= 0.3 is 0 Å². The number of nitrogens with zero attached hydrogens (tertiary/aromatic N) is 3. The Morgan fingerprint density at radius 3 is 1.27 bits per heavy atom. The second-order valence-corrected chi connectivity index (χ2v) is 27.5. The zero-order valence-electron chi connectivity index (χ0n) is 45.8. The van der Waals surface area contributed by atoms with Crippen LogP contribution in [0.25, 0.3) is 38.6 Å². The molecule has 0 saturated heterocycles. The summed E-state index contributed by atoms with van der Waals surface area (Å²) in [6, 6.07) is 101. The molecule has 0 radical (unpaired) electrons. The number of hydrogen-bond donors (Lipinski definition) is 0. The van der Waals surface area contributed by atoms with Crippen molar-refractivity contribution < 1.29 is 0 Å². The summed E-state index contributed by atoms with van der Waals surface area (Å²) in [6.07, 6.45) is 0. The minimum atomic E-state index is -3.00. The van der Waals surface area contributed by atoms with E-state index in [0.29, 0.717) is 0 Å². The third-order valence-corrected chi connectivity index (χ3v) is 21.7. The van der Waals surface area contributed by atoms with Crippen molar-refractivity contribution in [2.24, 2.45) is 0 Å². The minimum Gasteiger partial charge on any atom is -0.311 e. The van der Waals surface area contributed by atoms with Crippen LogP contribution in [0.5, 0.6) is 0 Å². The number of para-hydroxylation sites is 4. The van der Waals surface area contributed by atoms with Crippen LogP contribution in [-0.2, 0) is 10.8 Å². The van der Waals surface area contributed by atoms with Gasteiger partial charge in [-0.3, -0.25) is 0 Å². The summed E-state index contributed by atoms with van der Waals surface area (Å²) in [7, 11) is -3.00. The van der Waals surface area contributed by atoms with Gasteiger partial charge in [-0.05, 0) is 125 Å². The fraction of sp³-hybridized carbons (Fsp3) is 0.108. The zero-order chi connectivity index (χ0) is 53.6. The van der Waals surface area contributed by atoms with E-state index >= 15 is 0 Å². The van der Waals surface area contributed by atoms with E-state index in [2.05, 4.69) is 323 Å². The molecule has 0 amide bonds. The summed E-state index contributed by atoms with van der Waals surface area (Å²) >= 11 is 0. The van der Waals surface area contributed by atoms with Gasteiger partial charge in [0.05, 0.1) is 11.0 Å². The molecular weight excluding hydrogens is 970 g/mol. The van der Waals surface area contributed by atoms with E-state index < -0.39 is 8.07 Å². The van der Waals surface area contributed by atoms with E-state index in [1.165, 1.54) is 115 Å². The number of fused-ring (bicyclic) bond motifs is 7. The van der Waals surface area contributed by atoms with Crippen LogP contribution in [0, 0.1) is 0 Å². The first kappa shape index (κ1) is 48.5. The molecule has 2 aliphatic rings. The molecule has 2 aliphatic heterocycles. The summed E-state index contributed by atoms with van der Waals surface area (Å²) in [5.41, 5.74) is 19.2. The Morgan fingerprint density at radius 1 is 0.316 bits per heavy atom. The molecule has 0 fully saturated rings. The smallest absolute Gasteiger partial charge is 0.252 e. The highest BCUT2D eigenvalue weighted by atomic mass is 28.3. The van der Waals surface area contributed by atoms with Gasteiger partial charge in [0.2, 0.25) is 0 Å².